The third kappa shape index (κ3) is 2.38. The third-order valence-corrected chi connectivity index (χ3v) is 2.11. The molecule has 0 unspecified atom stereocenters. The Morgan fingerprint density at radius 1 is 1.31 bits per heavy atom. The molecule has 0 saturated carbocycles. The van der Waals surface area contributed by atoms with Crippen molar-refractivity contribution in [3.63, 3.8) is 0 Å². The molecular weight excluding hydrogens is 248 g/mol. The van der Waals surface area contributed by atoms with Crippen LogP contribution in [-0.4, -0.2) is 18.1 Å². The number of rotatable bonds is 1. The summed E-state index contributed by atoms with van der Waals surface area (Å²) in [6.07, 6.45) is -3.37. The van der Waals surface area contributed by atoms with Crippen LogP contribution in [0.2, 0.25) is 0 Å². The Morgan fingerprint density at radius 2 is 1.88 bits per heavy atom. The van der Waals surface area contributed by atoms with E-state index in [0.29, 0.717) is 12.3 Å². The van der Waals surface area contributed by atoms with Gasteiger partial charge in [0.15, 0.2) is 0 Å². The number of hydrogen-bond acceptors (Lipinski definition) is 2. The molecule has 0 bridgehead atoms. The lowest BCUT2D eigenvalue weighted by molar-refractivity contribution is -0.0862. The smallest absolute Gasteiger partial charge is 0.307 e. The van der Waals surface area contributed by atoms with Crippen LogP contribution < -0.4 is 0 Å². The second-order valence-corrected chi connectivity index (χ2v) is 3.27. The predicted molar refractivity (Wildman–Crippen MR) is 52.7 cm³/mol. The standard InChI is InChI=1S/C9H5ClF4N2/c10-7(3-15)5-1-4(11)2-6(8(5)16)9(12,13)14/h1-3,15-16H/b7-5+,15-3?,16-8?. The van der Waals surface area contributed by atoms with E-state index < -0.39 is 33.9 Å². The molecule has 7 heteroatoms. The van der Waals surface area contributed by atoms with E-state index in [2.05, 4.69) is 0 Å². The predicted octanol–water partition coefficient (Wildman–Crippen LogP) is 3.50. The molecular formula is C9H5ClF4N2. The maximum absolute atomic E-state index is 12.9. The zero-order chi connectivity index (χ0) is 12.5. The fourth-order valence-electron chi connectivity index (χ4n) is 1.10. The molecule has 1 aliphatic carbocycles. The zero-order valence-corrected chi connectivity index (χ0v) is 8.38. The van der Waals surface area contributed by atoms with Crippen molar-refractivity contribution in [3.8, 4) is 0 Å². The largest absolute Gasteiger partial charge is 0.418 e. The van der Waals surface area contributed by atoms with E-state index in [9.17, 15) is 17.6 Å². The maximum Gasteiger partial charge on any atom is 0.418 e. The first-order valence-electron chi connectivity index (χ1n) is 3.93. The van der Waals surface area contributed by atoms with Gasteiger partial charge in [0.1, 0.15) is 5.83 Å². The molecule has 86 valence electrons. The number of nitrogens with one attached hydrogen (secondary N) is 2. The maximum atomic E-state index is 12.9. The van der Waals surface area contributed by atoms with Crippen molar-refractivity contribution in [2.45, 2.75) is 6.18 Å². The van der Waals surface area contributed by atoms with Gasteiger partial charge >= 0.3 is 6.18 Å². The van der Waals surface area contributed by atoms with Crippen molar-refractivity contribution in [1.82, 2.24) is 0 Å². The van der Waals surface area contributed by atoms with Gasteiger partial charge < -0.3 is 5.41 Å². The Hall–Kier alpha value is -1.43. The second-order valence-electron chi connectivity index (χ2n) is 2.87. The molecule has 0 atom stereocenters. The van der Waals surface area contributed by atoms with Gasteiger partial charge in [-0.3, -0.25) is 5.41 Å². The minimum absolute atomic E-state index is 0.222. The molecule has 0 heterocycles. The van der Waals surface area contributed by atoms with Crippen LogP contribution in [0.3, 0.4) is 0 Å². The molecule has 2 N–H and O–H groups in total. The fraction of sp³-hybridized carbons (Fsp3) is 0.111. The van der Waals surface area contributed by atoms with Crippen molar-refractivity contribution < 1.29 is 17.6 Å². The summed E-state index contributed by atoms with van der Waals surface area (Å²) in [5, 5.41) is 13.6. The van der Waals surface area contributed by atoms with Gasteiger partial charge in [-0.05, 0) is 12.2 Å². The molecule has 0 aromatic heterocycles. The van der Waals surface area contributed by atoms with E-state index >= 15 is 0 Å². The summed E-state index contributed by atoms with van der Waals surface area (Å²) in [5.74, 6) is -1.15. The van der Waals surface area contributed by atoms with E-state index in [1.54, 1.807) is 0 Å². The normalized spacial score (nSPS) is 20.2. The van der Waals surface area contributed by atoms with E-state index in [0.717, 1.165) is 0 Å². The lowest BCUT2D eigenvalue weighted by atomic mass is 9.96. The molecule has 0 saturated heterocycles. The lowest BCUT2D eigenvalue weighted by Gasteiger charge is -2.17. The molecule has 0 aliphatic heterocycles. The molecule has 16 heavy (non-hydrogen) atoms. The molecule has 1 rings (SSSR count). The van der Waals surface area contributed by atoms with E-state index in [-0.39, 0.29) is 6.08 Å². The molecule has 0 radical (unpaired) electrons. The van der Waals surface area contributed by atoms with Crippen molar-refractivity contribution >= 4 is 23.5 Å². The van der Waals surface area contributed by atoms with E-state index in [1.165, 1.54) is 0 Å². The van der Waals surface area contributed by atoms with Crippen molar-refractivity contribution in [3.05, 3.63) is 34.2 Å². The van der Waals surface area contributed by atoms with Gasteiger partial charge in [-0.25, -0.2) is 4.39 Å². The molecule has 0 aromatic carbocycles. The average molecular weight is 253 g/mol. The Morgan fingerprint density at radius 3 is 2.31 bits per heavy atom. The molecule has 0 amide bonds. The molecule has 0 spiro atoms. The summed E-state index contributed by atoms with van der Waals surface area (Å²) >= 11 is 5.41. The summed E-state index contributed by atoms with van der Waals surface area (Å²) in [7, 11) is 0. The van der Waals surface area contributed by atoms with Gasteiger partial charge in [-0.1, -0.05) is 11.6 Å². The van der Waals surface area contributed by atoms with Gasteiger partial charge in [0, 0.05) is 11.8 Å². The number of allylic oxidation sites excluding steroid dienone is 6. The van der Waals surface area contributed by atoms with Crippen LogP contribution in [0.1, 0.15) is 0 Å². The van der Waals surface area contributed by atoms with Gasteiger partial charge in [0.2, 0.25) is 0 Å². The lowest BCUT2D eigenvalue weighted by Crippen LogP contribution is -2.23. The summed E-state index contributed by atoms with van der Waals surface area (Å²) < 4.78 is 50.0. The fourth-order valence-corrected chi connectivity index (χ4v) is 1.25. The summed E-state index contributed by atoms with van der Waals surface area (Å²) in [5.41, 5.74) is -2.81. The van der Waals surface area contributed by atoms with Crippen LogP contribution in [0.4, 0.5) is 17.6 Å². The van der Waals surface area contributed by atoms with E-state index in [1.807, 2.05) is 0 Å². The minimum Gasteiger partial charge on any atom is -0.307 e. The molecule has 2 nitrogen and oxygen atoms in total. The average Bonchev–Trinajstić information content (AvgIpc) is 2.18. The molecule has 0 aromatic rings. The topological polar surface area (TPSA) is 47.7 Å². The van der Waals surface area contributed by atoms with Crippen LogP contribution in [0.15, 0.2) is 34.2 Å². The Balaban J connectivity index is 3.35. The number of halogens is 5. The van der Waals surface area contributed by atoms with Crippen molar-refractivity contribution in [1.29, 1.82) is 10.8 Å². The Labute approximate surface area is 92.9 Å². The van der Waals surface area contributed by atoms with Crippen molar-refractivity contribution in [2.75, 3.05) is 0 Å². The highest BCUT2D eigenvalue weighted by molar-refractivity contribution is 6.42. The number of hydrogen-bond donors (Lipinski definition) is 2. The van der Waals surface area contributed by atoms with Crippen LogP contribution >= 0.6 is 11.6 Å². The van der Waals surface area contributed by atoms with Crippen LogP contribution in [0, 0.1) is 10.8 Å². The SMILES string of the molecule is N=C/C(Cl)=C1/C=C(F)C=C(C(F)(F)F)C1=N. The highest BCUT2D eigenvalue weighted by Crippen LogP contribution is 2.34. The third-order valence-electron chi connectivity index (χ3n) is 1.79. The van der Waals surface area contributed by atoms with Gasteiger partial charge in [0.05, 0.1) is 16.3 Å². The Kier molecular flexibility index (Phi) is 3.32. The van der Waals surface area contributed by atoms with Crippen LogP contribution in [-0.2, 0) is 0 Å². The van der Waals surface area contributed by atoms with Gasteiger partial charge in [-0.15, -0.1) is 0 Å². The highest BCUT2D eigenvalue weighted by Gasteiger charge is 2.39. The molecule has 0 fully saturated rings. The first-order valence-corrected chi connectivity index (χ1v) is 4.30. The number of alkyl halides is 3. The second kappa shape index (κ2) is 4.21. The van der Waals surface area contributed by atoms with Gasteiger partial charge in [0.25, 0.3) is 0 Å². The highest BCUT2D eigenvalue weighted by atomic mass is 35.5. The Bertz CT molecular complexity index is 443. The van der Waals surface area contributed by atoms with Gasteiger partial charge in [-0.2, -0.15) is 13.2 Å². The molecule has 1 aliphatic rings. The summed E-state index contributed by atoms with van der Waals surface area (Å²) in [6.45, 7) is 0. The van der Waals surface area contributed by atoms with Crippen LogP contribution in [0.5, 0.6) is 0 Å². The quantitative estimate of drug-likeness (QED) is 0.530. The zero-order valence-electron chi connectivity index (χ0n) is 7.62. The van der Waals surface area contributed by atoms with E-state index in [4.69, 9.17) is 22.4 Å². The summed E-state index contributed by atoms with van der Waals surface area (Å²) in [4.78, 5) is 0. The monoisotopic (exact) mass is 252 g/mol. The van der Waals surface area contributed by atoms with Crippen molar-refractivity contribution in [2.24, 2.45) is 0 Å². The first kappa shape index (κ1) is 12.6. The summed E-state index contributed by atoms with van der Waals surface area (Å²) in [6, 6.07) is 0. The minimum atomic E-state index is -4.83. The first-order chi connectivity index (χ1) is 7.27. The van der Waals surface area contributed by atoms with Crippen LogP contribution in [0.25, 0.3) is 0 Å².